The number of aromatic nitrogens is 1. The Labute approximate surface area is 178 Å². The highest BCUT2D eigenvalue weighted by molar-refractivity contribution is 5.98. The van der Waals surface area contributed by atoms with Gasteiger partial charge >= 0.3 is 0 Å². The van der Waals surface area contributed by atoms with Crippen molar-refractivity contribution in [2.24, 2.45) is 0 Å². The van der Waals surface area contributed by atoms with E-state index in [2.05, 4.69) is 36.1 Å². The molecule has 0 aliphatic carbocycles. The number of carbonyl (C=O) groups excluding carboxylic acids is 1. The number of nitrogens with zero attached hydrogens (tertiary/aromatic N) is 3. The molecule has 1 unspecified atom stereocenters. The second-order valence-corrected chi connectivity index (χ2v) is 8.39. The first-order chi connectivity index (χ1) is 14.6. The lowest BCUT2D eigenvalue weighted by molar-refractivity contribution is 0.0787. The first-order valence-corrected chi connectivity index (χ1v) is 11.0. The standard InChI is InChI=1S/C24H31N3O3/c1-18(19-8-4-3-5-9-19)17-25-13-10-20-23(24(29)26-11-6-7-12-26)21(30-2)16-22(28)27(20)15-14-25/h3-5,8-9,16,18H,6-7,10-15,17H2,1-2H3. The number of benzene rings is 1. The van der Waals surface area contributed by atoms with Crippen molar-refractivity contribution >= 4 is 5.91 Å². The van der Waals surface area contributed by atoms with E-state index in [1.54, 1.807) is 4.57 Å². The number of rotatable bonds is 5. The molecule has 6 nitrogen and oxygen atoms in total. The Balaban J connectivity index is 1.59. The van der Waals surface area contributed by atoms with E-state index in [0.29, 0.717) is 30.2 Å². The largest absolute Gasteiger partial charge is 0.496 e. The zero-order valence-corrected chi connectivity index (χ0v) is 18.0. The number of hydrogen-bond acceptors (Lipinski definition) is 4. The average molecular weight is 410 g/mol. The molecule has 160 valence electrons. The van der Waals surface area contributed by atoms with Crippen LogP contribution in [0.3, 0.4) is 0 Å². The monoisotopic (exact) mass is 409 g/mol. The van der Waals surface area contributed by atoms with Gasteiger partial charge in [-0.15, -0.1) is 0 Å². The zero-order chi connectivity index (χ0) is 21.1. The Morgan fingerprint density at radius 3 is 2.50 bits per heavy atom. The van der Waals surface area contributed by atoms with Gasteiger partial charge in [0.25, 0.3) is 11.5 Å². The second kappa shape index (κ2) is 9.04. The van der Waals surface area contributed by atoms with Crippen LogP contribution in [0, 0.1) is 0 Å². The van der Waals surface area contributed by atoms with Crippen LogP contribution in [0.2, 0.25) is 0 Å². The summed E-state index contributed by atoms with van der Waals surface area (Å²) in [4.78, 5) is 30.4. The van der Waals surface area contributed by atoms with Crippen LogP contribution in [0.1, 0.15) is 47.3 Å². The molecule has 2 aliphatic rings. The van der Waals surface area contributed by atoms with E-state index in [0.717, 1.165) is 51.3 Å². The molecule has 0 radical (unpaired) electrons. The number of pyridine rings is 1. The third-order valence-corrected chi connectivity index (χ3v) is 6.41. The van der Waals surface area contributed by atoms with E-state index in [1.807, 2.05) is 11.0 Å². The van der Waals surface area contributed by atoms with Crippen molar-refractivity contribution < 1.29 is 9.53 Å². The van der Waals surface area contributed by atoms with Crippen molar-refractivity contribution in [1.29, 1.82) is 0 Å². The molecule has 2 aliphatic heterocycles. The predicted molar refractivity (Wildman–Crippen MR) is 117 cm³/mol. The smallest absolute Gasteiger partial charge is 0.259 e. The van der Waals surface area contributed by atoms with Gasteiger partial charge in [0, 0.05) is 57.4 Å². The number of ether oxygens (including phenoxy) is 1. The Kier molecular flexibility index (Phi) is 6.23. The van der Waals surface area contributed by atoms with Crippen LogP contribution < -0.4 is 10.3 Å². The van der Waals surface area contributed by atoms with Crippen molar-refractivity contribution in [3.05, 3.63) is 63.6 Å². The number of likely N-dealkylation sites (tertiary alicyclic amines) is 1. The number of carbonyl (C=O) groups is 1. The van der Waals surface area contributed by atoms with E-state index in [4.69, 9.17) is 4.74 Å². The molecule has 30 heavy (non-hydrogen) atoms. The highest BCUT2D eigenvalue weighted by Crippen LogP contribution is 2.26. The molecule has 1 aromatic carbocycles. The van der Waals surface area contributed by atoms with Crippen molar-refractivity contribution in [3.8, 4) is 5.75 Å². The van der Waals surface area contributed by atoms with Crippen molar-refractivity contribution in [3.63, 3.8) is 0 Å². The highest BCUT2D eigenvalue weighted by Gasteiger charge is 2.29. The topological polar surface area (TPSA) is 54.8 Å². The lowest BCUT2D eigenvalue weighted by Gasteiger charge is -2.24. The summed E-state index contributed by atoms with van der Waals surface area (Å²) in [6.07, 6.45) is 2.74. The second-order valence-electron chi connectivity index (χ2n) is 8.39. The predicted octanol–water partition coefficient (Wildman–Crippen LogP) is 2.75. The molecule has 3 heterocycles. The van der Waals surface area contributed by atoms with Crippen LogP contribution in [-0.2, 0) is 13.0 Å². The van der Waals surface area contributed by atoms with Gasteiger partial charge in [0.05, 0.1) is 7.11 Å². The molecule has 1 saturated heterocycles. The molecule has 1 fully saturated rings. The quantitative estimate of drug-likeness (QED) is 0.762. The van der Waals surface area contributed by atoms with E-state index >= 15 is 0 Å². The number of hydrogen-bond donors (Lipinski definition) is 0. The summed E-state index contributed by atoms with van der Waals surface area (Å²) in [7, 11) is 1.54. The molecular formula is C24H31N3O3. The average Bonchev–Trinajstić information content (AvgIpc) is 3.23. The van der Waals surface area contributed by atoms with Crippen LogP contribution in [0.15, 0.2) is 41.2 Å². The maximum Gasteiger partial charge on any atom is 0.259 e. The number of methoxy groups -OCH3 is 1. The first kappa shape index (κ1) is 20.7. The van der Waals surface area contributed by atoms with E-state index < -0.39 is 0 Å². The minimum Gasteiger partial charge on any atom is -0.496 e. The highest BCUT2D eigenvalue weighted by atomic mass is 16.5. The molecule has 1 atom stereocenters. The lowest BCUT2D eigenvalue weighted by Crippen LogP contribution is -2.33. The van der Waals surface area contributed by atoms with Gasteiger partial charge in [0.2, 0.25) is 0 Å². The fourth-order valence-corrected chi connectivity index (χ4v) is 4.72. The minimum absolute atomic E-state index is 0.000737. The van der Waals surface area contributed by atoms with Gasteiger partial charge in [0.1, 0.15) is 11.3 Å². The van der Waals surface area contributed by atoms with Gasteiger partial charge in [-0.05, 0) is 24.3 Å². The van der Waals surface area contributed by atoms with Crippen LogP contribution in [-0.4, -0.2) is 60.1 Å². The Morgan fingerprint density at radius 2 is 1.80 bits per heavy atom. The van der Waals surface area contributed by atoms with Gasteiger partial charge in [-0.25, -0.2) is 0 Å². The summed E-state index contributed by atoms with van der Waals surface area (Å²) in [5.41, 5.74) is 2.64. The summed E-state index contributed by atoms with van der Waals surface area (Å²) in [6.45, 7) is 6.95. The summed E-state index contributed by atoms with van der Waals surface area (Å²) in [5.74, 6) is 0.817. The Bertz CT molecular complexity index is 948. The molecular weight excluding hydrogens is 378 g/mol. The summed E-state index contributed by atoms with van der Waals surface area (Å²) >= 11 is 0. The van der Waals surface area contributed by atoms with Gasteiger partial charge in [-0.2, -0.15) is 0 Å². The molecule has 0 saturated carbocycles. The molecule has 2 aromatic rings. The molecule has 0 N–H and O–H groups in total. The SMILES string of the molecule is COc1cc(=O)n2c(c1C(=O)N1CCCC1)CCN(CC(C)c1ccccc1)CC2. The zero-order valence-electron chi connectivity index (χ0n) is 18.0. The number of fused-ring (bicyclic) bond motifs is 1. The minimum atomic E-state index is -0.0854. The Hall–Kier alpha value is -2.60. The normalized spacial score (nSPS) is 18.0. The van der Waals surface area contributed by atoms with Crippen molar-refractivity contribution in [2.45, 2.75) is 38.6 Å². The Morgan fingerprint density at radius 1 is 1.07 bits per heavy atom. The fraction of sp³-hybridized carbons (Fsp3) is 0.500. The van der Waals surface area contributed by atoms with Gasteiger partial charge in [-0.1, -0.05) is 37.3 Å². The maximum atomic E-state index is 13.3. The third kappa shape index (κ3) is 4.15. The fourth-order valence-electron chi connectivity index (χ4n) is 4.72. The van der Waals surface area contributed by atoms with Gasteiger partial charge in [-0.3, -0.25) is 9.59 Å². The van der Waals surface area contributed by atoms with E-state index in [1.165, 1.54) is 18.7 Å². The molecule has 0 bridgehead atoms. The lowest BCUT2D eigenvalue weighted by atomic mass is 10.0. The van der Waals surface area contributed by atoms with E-state index in [-0.39, 0.29) is 11.5 Å². The first-order valence-electron chi connectivity index (χ1n) is 11.0. The van der Waals surface area contributed by atoms with Crippen molar-refractivity contribution in [2.75, 3.05) is 39.8 Å². The maximum absolute atomic E-state index is 13.3. The summed E-state index contributed by atoms with van der Waals surface area (Å²) in [6, 6.07) is 12.0. The van der Waals surface area contributed by atoms with Crippen molar-refractivity contribution in [1.82, 2.24) is 14.4 Å². The van der Waals surface area contributed by atoms with Gasteiger partial charge < -0.3 is 19.1 Å². The molecule has 6 heteroatoms. The third-order valence-electron chi connectivity index (χ3n) is 6.41. The summed E-state index contributed by atoms with van der Waals surface area (Å²) in [5, 5.41) is 0. The number of amides is 1. The van der Waals surface area contributed by atoms with Crippen LogP contribution >= 0.6 is 0 Å². The van der Waals surface area contributed by atoms with E-state index in [9.17, 15) is 9.59 Å². The van der Waals surface area contributed by atoms with Crippen LogP contribution in [0.25, 0.3) is 0 Å². The molecule has 4 rings (SSSR count). The van der Waals surface area contributed by atoms with Crippen LogP contribution in [0.4, 0.5) is 0 Å². The molecule has 0 spiro atoms. The van der Waals surface area contributed by atoms with Gasteiger partial charge in [0.15, 0.2) is 0 Å². The molecule has 1 amide bonds. The van der Waals surface area contributed by atoms with Crippen LogP contribution in [0.5, 0.6) is 5.75 Å². The molecule has 1 aromatic heterocycles. The summed E-state index contributed by atoms with van der Waals surface area (Å²) < 4.78 is 7.28.